The second-order valence-corrected chi connectivity index (χ2v) is 7.19. The molecule has 1 heterocycles. The standard InChI is InChI=1S/C20H21ClN4O3/c1-13(14-8-10-16(21)11-9-14)22-12-17(26)24-25-18(27)20(2,23-19(25)28)15-6-4-3-5-7-15/h3-11,13,22H,12H2,1-2H3,(H,23,28)(H,24,26)/t13-,20-/m0/s1. The molecule has 0 radical (unpaired) electrons. The molecule has 2 aromatic rings. The third-order valence-electron chi connectivity index (χ3n) is 4.72. The molecule has 0 spiro atoms. The predicted molar refractivity (Wildman–Crippen MR) is 105 cm³/mol. The van der Waals surface area contributed by atoms with E-state index >= 15 is 0 Å². The molecule has 7 nitrogen and oxygen atoms in total. The molecular formula is C20H21ClN4O3. The molecule has 2 aromatic carbocycles. The number of amides is 4. The summed E-state index contributed by atoms with van der Waals surface area (Å²) in [5.41, 5.74) is 2.74. The van der Waals surface area contributed by atoms with Gasteiger partial charge < -0.3 is 10.6 Å². The van der Waals surface area contributed by atoms with E-state index in [0.29, 0.717) is 10.6 Å². The molecule has 3 N–H and O–H groups in total. The first kappa shape index (κ1) is 19.9. The summed E-state index contributed by atoms with van der Waals surface area (Å²) in [5.74, 6) is -1.04. The number of urea groups is 1. The van der Waals surface area contributed by atoms with Crippen LogP contribution in [0.1, 0.15) is 31.0 Å². The maximum Gasteiger partial charge on any atom is 0.344 e. The Morgan fingerprint density at radius 2 is 1.79 bits per heavy atom. The highest BCUT2D eigenvalue weighted by Gasteiger charge is 2.49. The van der Waals surface area contributed by atoms with Gasteiger partial charge in [0.15, 0.2) is 0 Å². The number of hydrogen-bond acceptors (Lipinski definition) is 4. The molecule has 28 heavy (non-hydrogen) atoms. The van der Waals surface area contributed by atoms with E-state index in [1.807, 2.05) is 25.1 Å². The van der Waals surface area contributed by atoms with Gasteiger partial charge in [-0.15, -0.1) is 0 Å². The zero-order valence-corrected chi connectivity index (χ0v) is 16.3. The van der Waals surface area contributed by atoms with Gasteiger partial charge in [-0.3, -0.25) is 15.0 Å². The molecule has 146 valence electrons. The molecule has 1 saturated heterocycles. The van der Waals surface area contributed by atoms with Crippen LogP contribution in [0.5, 0.6) is 0 Å². The SMILES string of the molecule is C[C@H](NCC(=O)NN1C(=O)N[C@@](C)(c2ccccc2)C1=O)c1ccc(Cl)cc1. The highest BCUT2D eigenvalue weighted by molar-refractivity contribution is 6.30. The quantitative estimate of drug-likeness (QED) is 0.650. The fourth-order valence-electron chi connectivity index (χ4n) is 2.99. The Morgan fingerprint density at radius 3 is 2.43 bits per heavy atom. The normalized spacial score (nSPS) is 20.0. The summed E-state index contributed by atoms with van der Waals surface area (Å²) >= 11 is 5.87. The zero-order valence-electron chi connectivity index (χ0n) is 15.5. The Labute approximate surface area is 168 Å². The second-order valence-electron chi connectivity index (χ2n) is 6.75. The fourth-order valence-corrected chi connectivity index (χ4v) is 3.11. The number of carbonyl (C=O) groups is 3. The second kappa shape index (κ2) is 8.00. The first-order chi connectivity index (χ1) is 13.3. The smallest absolute Gasteiger partial charge is 0.318 e. The first-order valence-electron chi connectivity index (χ1n) is 8.82. The van der Waals surface area contributed by atoms with Gasteiger partial charge in [-0.05, 0) is 37.1 Å². The van der Waals surface area contributed by atoms with Crippen molar-refractivity contribution in [1.29, 1.82) is 0 Å². The van der Waals surface area contributed by atoms with Crippen molar-refractivity contribution in [3.8, 4) is 0 Å². The number of hydrogen-bond donors (Lipinski definition) is 3. The molecule has 0 aliphatic carbocycles. The van der Waals surface area contributed by atoms with E-state index in [4.69, 9.17) is 11.6 Å². The molecule has 3 rings (SSSR count). The summed E-state index contributed by atoms with van der Waals surface area (Å²) in [5, 5.41) is 7.05. The number of imide groups is 1. The summed E-state index contributed by atoms with van der Waals surface area (Å²) < 4.78 is 0. The van der Waals surface area contributed by atoms with E-state index in [9.17, 15) is 14.4 Å². The highest BCUT2D eigenvalue weighted by Crippen LogP contribution is 2.27. The largest absolute Gasteiger partial charge is 0.344 e. The number of nitrogens with one attached hydrogen (secondary N) is 3. The minimum atomic E-state index is -1.23. The summed E-state index contributed by atoms with van der Waals surface area (Å²) in [6, 6.07) is 15.4. The molecule has 1 fully saturated rings. The van der Waals surface area contributed by atoms with E-state index in [-0.39, 0.29) is 12.6 Å². The van der Waals surface area contributed by atoms with Gasteiger partial charge in [-0.1, -0.05) is 54.1 Å². The van der Waals surface area contributed by atoms with Crippen molar-refractivity contribution in [3.05, 3.63) is 70.7 Å². The van der Waals surface area contributed by atoms with E-state index in [1.54, 1.807) is 43.3 Å². The third-order valence-corrected chi connectivity index (χ3v) is 4.97. The van der Waals surface area contributed by atoms with Crippen LogP contribution in [0.15, 0.2) is 54.6 Å². The number of carbonyl (C=O) groups excluding carboxylic acids is 3. The maximum absolute atomic E-state index is 12.8. The summed E-state index contributed by atoms with van der Waals surface area (Å²) in [6.45, 7) is 3.44. The molecular weight excluding hydrogens is 380 g/mol. The number of halogens is 1. The molecule has 0 bridgehead atoms. The lowest BCUT2D eigenvalue weighted by Crippen LogP contribution is -2.50. The number of nitrogens with zero attached hydrogens (tertiary/aromatic N) is 1. The van der Waals surface area contributed by atoms with Crippen LogP contribution >= 0.6 is 11.6 Å². The lowest BCUT2D eigenvalue weighted by molar-refractivity contribution is -0.138. The molecule has 1 aliphatic rings. The van der Waals surface area contributed by atoms with Crippen molar-refractivity contribution in [1.82, 2.24) is 21.1 Å². The minimum absolute atomic E-state index is 0.0666. The van der Waals surface area contributed by atoms with Crippen molar-refractivity contribution in [3.63, 3.8) is 0 Å². The molecule has 0 unspecified atom stereocenters. The van der Waals surface area contributed by atoms with Crippen molar-refractivity contribution in [2.75, 3.05) is 6.54 Å². The van der Waals surface area contributed by atoms with Crippen LogP contribution in [0.25, 0.3) is 0 Å². The Hall–Kier alpha value is -2.90. The van der Waals surface area contributed by atoms with Crippen molar-refractivity contribution >= 4 is 29.4 Å². The topological polar surface area (TPSA) is 90.5 Å². The predicted octanol–water partition coefficient (Wildman–Crippen LogP) is 2.49. The van der Waals surface area contributed by atoms with E-state index in [0.717, 1.165) is 10.6 Å². The molecule has 0 aromatic heterocycles. The van der Waals surface area contributed by atoms with Gasteiger partial charge in [0.1, 0.15) is 5.54 Å². The minimum Gasteiger partial charge on any atom is -0.318 e. The highest BCUT2D eigenvalue weighted by atomic mass is 35.5. The van der Waals surface area contributed by atoms with Crippen LogP contribution in [0.3, 0.4) is 0 Å². The van der Waals surface area contributed by atoms with Crippen LogP contribution < -0.4 is 16.1 Å². The van der Waals surface area contributed by atoms with Gasteiger partial charge in [0.25, 0.3) is 11.8 Å². The van der Waals surface area contributed by atoms with Crippen molar-refractivity contribution in [2.24, 2.45) is 0 Å². The van der Waals surface area contributed by atoms with Crippen LogP contribution in [-0.2, 0) is 15.1 Å². The summed E-state index contributed by atoms with van der Waals surface area (Å²) in [4.78, 5) is 37.3. The lowest BCUT2D eigenvalue weighted by atomic mass is 9.92. The molecule has 8 heteroatoms. The Balaban J connectivity index is 1.60. The van der Waals surface area contributed by atoms with Crippen molar-refractivity contribution < 1.29 is 14.4 Å². The Morgan fingerprint density at radius 1 is 1.14 bits per heavy atom. The maximum atomic E-state index is 12.8. The van der Waals surface area contributed by atoms with Crippen molar-refractivity contribution in [2.45, 2.75) is 25.4 Å². The number of benzene rings is 2. The molecule has 1 aliphatic heterocycles. The molecule has 2 atom stereocenters. The first-order valence-corrected chi connectivity index (χ1v) is 9.19. The summed E-state index contributed by atoms with van der Waals surface area (Å²) in [7, 11) is 0. The lowest BCUT2D eigenvalue weighted by Gasteiger charge is -2.22. The fraction of sp³-hybridized carbons (Fsp3) is 0.250. The zero-order chi connectivity index (χ0) is 20.3. The molecule has 0 saturated carbocycles. The Kier molecular flexibility index (Phi) is 5.67. The van der Waals surface area contributed by atoms with Gasteiger partial charge in [-0.25, -0.2) is 4.79 Å². The van der Waals surface area contributed by atoms with Gasteiger partial charge in [-0.2, -0.15) is 5.01 Å². The van der Waals surface area contributed by atoms with Crippen LogP contribution in [-0.4, -0.2) is 29.4 Å². The Bertz CT molecular complexity index is 888. The van der Waals surface area contributed by atoms with E-state index in [1.165, 1.54) is 0 Å². The average molecular weight is 401 g/mol. The monoisotopic (exact) mass is 400 g/mol. The van der Waals surface area contributed by atoms with E-state index < -0.39 is 23.4 Å². The van der Waals surface area contributed by atoms with Crippen LogP contribution in [0.4, 0.5) is 4.79 Å². The summed E-state index contributed by atoms with van der Waals surface area (Å²) in [6.07, 6.45) is 0. The van der Waals surface area contributed by atoms with Gasteiger partial charge in [0.05, 0.1) is 6.54 Å². The van der Waals surface area contributed by atoms with Crippen LogP contribution in [0, 0.1) is 0 Å². The van der Waals surface area contributed by atoms with E-state index in [2.05, 4.69) is 16.1 Å². The third kappa shape index (κ3) is 4.00. The average Bonchev–Trinajstić information content (AvgIpc) is 2.91. The van der Waals surface area contributed by atoms with Crippen LogP contribution in [0.2, 0.25) is 5.02 Å². The van der Waals surface area contributed by atoms with Gasteiger partial charge >= 0.3 is 6.03 Å². The number of hydrazine groups is 1. The van der Waals surface area contributed by atoms with Gasteiger partial charge in [0, 0.05) is 11.1 Å². The number of rotatable bonds is 6. The van der Waals surface area contributed by atoms with Gasteiger partial charge in [0.2, 0.25) is 0 Å². The molecule has 4 amide bonds.